The van der Waals surface area contributed by atoms with Gasteiger partial charge < -0.3 is 16.4 Å². The van der Waals surface area contributed by atoms with Gasteiger partial charge in [-0.2, -0.15) is 0 Å². The molecular weight excluding hydrogens is 194 g/mol. The Morgan fingerprint density at radius 2 is 1.60 bits per heavy atom. The molecule has 0 aromatic heterocycles. The lowest BCUT2D eigenvalue weighted by molar-refractivity contribution is -0.125. The van der Waals surface area contributed by atoms with Crippen molar-refractivity contribution in [1.29, 1.82) is 0 Å². The number of amides is 2. The molecule has 0 fully saturated rings. The molecule has 2 amide bonds. The van der Waals surface area contributed by atoms with Crippen LogP contribution in [0.15, 0.2) is 0 Å². The number of hydrogen-bond donors (Lipinski definition) is 3. The third-order valence-corrected chi connectivity index (χ3v) is 2.02. The average Bonchev–Trinajstić information content (AvgIpc) is 2.22. The van der Waals surface area contributed by atoms with Gasteiger partial charge in [-0.3, -0.25) is 9.59 Å². The number of hydrogen-bond acceptors (Lipinski definition) is 3. The Kier molecular flexibility index (Phi) is 6.70. The molecule has 0 saturated heterocycles. The van der Waals surface area contributed by atoms with Crippen LogP contribution in [0.25, 0.3) is 0 Å². The number of carbonyl (C=O) groups excluding carboxylic acids is 2. The second-order valence-corrected chi connectivity index (χ2v) is 3.75. The molecule has 0 aliphatic rings. The minimum Gasteiger partial charge on any atom is -0.354 e. The van der Waals surface area contributed by atoms with Crippen molar-refractivity contribution in [2.75, 3.05) is 13.1 Å². The van der Waals surface area contributed by atoms with E-state index in [1.807, 2.05) is 20.8 Å². The molecule has 1 atom stereocenters. The average molecular weight is 215 g/mol. The van der Waals surface area contributed by atoms with Crippen molar-refractivity contribution in [3.8, 4) is 0 Å². The SMILES string of the molecule is CC[C@@H](N)C(=O)NCCNC(=O)C(C)C. The van der Waals surface area contributed by atoms with Crippen molar-refractivity contribution in [3.05, 3.63) is 0 Å². The second-order valence-electron chi connectivity index (χ2n) is 3.75. The minimum atomic E-state index is -0.453. The molecule has 0 rings (SSSR count). The van der Waals surface area contributed by atoms with Gasteiger partial charge in [0.15, 0.2) is 0 Å². The molecule has 0 aliphatic carbocycles. The zero-order valence-corrected chi connectivity index (χ0v) is 9.67. The molecule has 0 aromatic carbocycles. The van der Waals surface area contributed by atoms with Gasteiger partial charge in [0.2, 0.25) is 11.8 Å². The molecule has 0 heterocycles. The van der Waals surface area contributed by atoms with Gasteiger partial charge >= 0.3 is 0 Å². The standard InChI is InChI=1S/C10H21N3O2/c1-4-8(11)10(15)13-6-5-12-9(14)7(2)3/h7-8H,4-6,11H2,1-3H3,(H,12,14)(H,13,15)/t8-/m1/s1. The Labute approximate surface area is 90.8 Å². The van der Waals surface area contributed by atoms with Crippen LogP contribution in [0.2, 0.25) is 0 Å². The van der Waals surface area contributed by atoms with Crippen LogP contribution in [-0.2, 0) is 9.59 Å². The van der Waals surface area contributed by atoms with E-state index in [9.17, 15) is 9.59 Å². The topological polar surface area (TPSA) is 84.2 Å². The van der Waals surface area contributed by atoms with Crippen LogP contribution in [0.5, 0.6) is 0 Å². The predicted octanol–water partition coefficient (Wildman–Crippen LogP) is -0.388. The molecule has 0 saturated carbocycles. The van der Waals surface area contributed by atoms with Gasteiger partial charge in [-0.25, -0.2) is 0 Å². The van der Waals surface area contributed by atoms with Crippen molar-refractivity contribution >= 4 is 11.8 Å². The van der Waals surface area contributed by atoms with Crippen LogP contribution in [0.4, 0.5) is 0 Å². The third-order valence-electron chi connectivity index (χ3n) is 2.02. The van der Waals surface area contributed by atoms with Gasteiger partial charge in [0.25, 0.3) is 0 Å². The molecule has 5 heteroatoms. The van der Waals surface area contributed by atoms with E-state index < -0.39 is 6.04 Å². The minimum absolute atomic E-state index is 0.0101. The number of nitrogens with two attached hydrogens (primary N) is 1. The first-order chi connectivity index (χ1) is 6.99. The fourth-order valence-electron chi connectivity index (χ4n) is 0.892. The molecule has 0 aliphatic heterocycles. The highest BCUT2D eigenvalue weighted by Gasteiger charge is 2.10. The summed E-state index contributed by atoms with van der Waals surface area (Å²) in [4.78, 5) is 22.3. The molecule has 88 valence electrons. The first kappa shape index (κ1) is 13.9. The maximum atomic E-state index is 11.2. The summed E-state index contributed by atoms with van der Waals surface area (Å²) in [6, 6.07) is -0.453. The summed E-state index contributed by atoms with van der Waals surface area (Å²) in [5.41, 5.74) is 5.51. The van der Waals surface area contributed by atoms with Crippen molar-refractivity contribution in [1.82, 2.24) is 10.6 Å². The Hall–Kier alpha value is -1.10. The van der Waals surface area contributed by atoms with E-state index in [1.165, 1.54) is 0 Å². The maximum Gasteiger partial charge on any atom is 0.236 e. The van der Waals surface area contributed by atoms with Crippen LogP contribution in [0.1, 0.15) is 27.2 Å². The maximum absolute atomic E-state index is 11.2. The van der Waals surface area contributed by atoms with Crippen molar-refractivity contribution in [2.45, 2.75) is 33.2 Å². The van der Waals surface area contributed by atoms with Gasteiger partial charge in [-0.05, 0) is 6.42 Å². The first-order valence-electron chi connectivity index (χ1n) is 5.30. The summed E-state index contributed by atoms with van der Waals surface area (Å²) in [6.07, 6.45) is 0.615. The lowest BCUT2D eigenvalue weighted by atomic mass is 10.2. The van der Waals surface area contributed by atoms with E-state index in [4.69, 9.17) is 5.73 Å². The van der Waals surface area contributed by atoms with E-state index >= 15 is 0 Å². The van der Waals surface area contributed by atoms with Crippen molar-refractivity contribution < 1.29 is 9.59 Å². The highest BCUT2D eigenvalue weighted by molar-refractivity contribution is 5.81. The lowest BCUT2D eigenvalue weighted by Gasteiger charge is -2.11. The fraction of sp³-hybridized carbons (Fsp3) is 0.800. The monoisotopic (exact) mass is 215 g/mol. The Morgan fingerprint density at radius 3 is 2.00 bits per heavy atom. The van der Waals surface area contributed by atoms with Crippen LogP contribution >= 0.6 is 0 Å². The molecule has 15 heavy (non-hydrogen) atoms. The van der Waals surface area contributed by atoms with Gasteiger partial charge in [0.1, 0.15) is 0 Å². The Balaban J connectivity index is 3.55. The zero-order chi connectivity index (χ0) is 11.8. The van der Waals surface area contributed by atoms with Crippen molar-refractivity contribution in [3.63, 3.8) is 0 Å². The highest BCUT2D eigenvalue weighted by atomic mass is 16.2. The summed E-state index contributed by atoms with van der Waals surface area (Å²) >= 11 is 0. The second kappa shape index (κ2) is 7.23. The highest BCUT2D eigenvalue weighted by Crippen LogP contribution is 1.89. The molecule has 0 bridgehead atoms. The van der Waals surface area contributed by atoms with Crippen molar-refractivity contribution in [2.24, 2.45) is 11.7 Å². The molecule has 0 aromatic rings. The Bertz CT molecular complexity index is 217. The summed E-state index contributed by atoms with van der Waals surface area (Å²) in [6.45, 7) is 6.36. The van der Waals surface area contributed by atoms with Gasteiger partial charge in [-0.15, -0.1) is 0 Å². The van der Waals surface area contributed by atoms with Gasteiger partial charge in [0, 0.05) is 19.0 Å². The normalized spacial score (nSPS) is 12.3. The zero-order valence-electron chi connectivity index (χ0n) is 9.67. The number of carbonyl (C=O) groups is 2. The smallest absolute Gasteiger partial charge is 0.236 e. The van der Waals surface area contributed by atoms with E-state index in [0.29, 0.717) is 19.5 Å². The number of rotatable bonds is 6. The van der Waals surface area contributed by atoms with Crippen LogP contribution < -0.4 is 16.4 Å². The summed E-state index contributed by atoms with van der Waals surface area (Å²) < 4.78 is 0. The summed E-state index contributed by atoms with van der Waals surface area (Å²) in [7, 11) is 0. The summed E-state index contributed by atoms with van der Waals surface area (Å²) in [5, 5.41) is 5.35. The largest absolute Gasteiger partial charge is 0.354 e. The fourth-order valence-corrected chi connectivity index (χ4v) is 0.892. The van der Waals surface area contributed by atoms with Crippen LogP contribution in [-0.4, -0.2) is 30.9 Å². The first-order valence-corrected chi connectivity index (χ1v) is 5.30. The Morgan fingerprint density at radius 1 is 1.13 bits per heavy atom. The lowest BCUT2D eigenvalue weighted by Crippen LogP contribution is -2.43. The molecule has 0 unspecified atom stereocenters. The molecule has 5 nitrogen and oxygen atoms in total. The van der Waals surface area contributed by atoms with E-state index in [-0.39, 0.29) is 17.7 Å². The number of nitrogens with one attached hydrogen (secondary N) is 2. The molecular formula is C10H21N3O2. The van der Waals surface area contributed by atoms with Gasteiger partial charge in [-0.1, -0.05) is 20.8 Å². The van der Waals surface area contributed by atoms with Gasteiger partial charge in [0.05, 0.1) is 6.04 Å². The van der Waals surface area contributed by atoms with E-state index in [1.54, 1.807) is 0 Å². The molecule has 0 spiro atoms. The molecule has 0 radical (unpaired) electrons. The quantitative estimate of drug-likeness (QED) is 0.528. The summed E-state index contributed by atoms with van der Waals surface area (Å²) in [5.74, 6) is -0.209. The predicted molar refractivity (Wildman–Crippen MR) is 59.1 cm³/mol. The van der Waals surface area contributed by atoms with E-state index in [0.717, 1.165) is 0 Å². The van der Waals surface area contributed by atoms with Crippen LogP contribution in [0, 0.1) is 5.92 Å². The molecule has 4 N–H and O–H groups in total. The van der Waals surface area contributed by atoms with E-state index in [2.05, 4.69) is 10.6 Å². The van der Waals surface area contributed by atoms with Crippen LogP contribution in [0.3, 0.4) is 0 Å². The third kappa shape index (κ3) is 6.06.